The summed E-state index contributed by atoms with van der Waals surface area (Å²) in [6, 6.07) is 3.04. The maximum Gasteiger partial charge on any atom is 0.417 e. The molecule has 0 fully saturated rings. The lowest BCUT2D eigenvalue weighted by molar-refractivity contribution is -0.138. The van der Waals surface area contributed by atoms with Gasteiger partial charge in [0.05, 0.1) is 31.8 Å². The van der Waals surface area contributed by atoms with Crippen molar-refractivity contribution in [3.8, 4) is 0 Å². The lowest BCUT2D eigenvalue weighted by Crippen LogP contribution is -2.42. The largest absolute Gasteiger partial charge is 0.417 e. The van der Waals surface area contributed by atoms with E-state index in [1.165, 1.54) is 6.92 Å². The standard InChI is InChI=1S/C21H15Cl3F6N2O2/c1-9(18(31)33)32-19(34)12-4-2-10(6-14(12)21(28,29)30)3-5-13(20(25,26)27)11-7-15(22)17(24)16(23)8-11/h2,4-9H,3H2,1H3,(H2,31,33)(H,32,34)/b13-5+. The number of benzene rings is 2. The fourth-order valence-corrected chi connectivity index (χ4v) is 3.42. The Labute approximate surface area is 204 Å². The summed E-state index contributed by atoms with van der Waals surface area (Å²) in [5.74, 6) is -2.19. The zero-order valence-corrected chi connectivity index (χ0v) is 19.3. The Morgan fingerprint density at radius 3 is 2.06 bits per heavy atom. The number of alkyl halides is 6. The van der Waals surface area contributed by atoms with Crippen LogP contribution in [0.15, 0.2) is 36.4 Å². The van der Waals surface area contributed by atoms with Gasteiger partial charge in [-0.2, -0.15) is 26.3 Å². The molecule has 0 saturated carbocycles. The molecule has 0 aliphatic heterocycles. The third-order valence-electron chi connectivity index (χ3n) is 4.55. The van der Waals surface area contributed by atoms with Gasteiger partial charge < -0.3 is 11.1 Å². The number of hydrogen-bond donors (Lipinski definition) is 2. The summed E-state index contributed by atoms with van der Waals surface area (Å²) in [4.78, 5) is 23.3. The molecule has 2 aromatic rings. The van der Waals surface area contributed by atoms with Crippen LogP contribution < -0.4 is 11.1 Å². The number of rotatable bonds is 6. The number of nitrogens with two attached hydrogens (primary N) is 1. The zero-order valence-electron chi connectivity index (χ0n) is 17.0. The van der Waals surface area contributed by atoms with E-state index in [0.29, 0.717) is 12.1 Å². The van der Waals surface area contributed by atoms with E-state index >= 15 is 0 Å². The summed E-state index contributed by atoms with van der Waals surface area (Å²) in [6.07, 6.45) is -9.81. The molecule has 2 aromatic carbocycles. The highest BCUT2D eigenvalue weighted by Crippen LogP contribution is 2.40. The van der Waals surface area contributed by atoms with Crippen molar-refractivity contribution < 1.29 is 35.9 Å². The smallest absolute Gasteiger partial charge is 0.368 e. The molecule has 13 heteroatoms. The average Bonchev–Trinajstić information content (AvgIpc) is 2.70. The number of allylic oxidation sites excluding steroid dienone is 2. The lowest BCUT2D eigenvalue weighted by Gasteiger charge is -2.17. The van der Waals surface area contributed by atoms with Gasteiger partial charge in [-0.1, -0.05) is 46.9 Å². The molecule has 0 radical (unpaired) electrons. The first-order valence-corrected chi connectivity index (χ1v) is 10.4. The second-order valence-electron chi connectivity index (χ2n) is 7.05. The Morgan fingerprint density at radius 1 is 1.03 bits per heavy atom. The molecule has 0 spiro atoms. The number of primary amides is 1. The first-order valence-electron chi connectivity index (χ1n) is 9.25. The summed E-state index contributed by atoms with van der Waals surface area (Å²) in [5, 5.41) is 1.40. The molecule has 0 aromatic heterocycles. The van der Waals surface area contributed by atoms with E-state index in [9.17, 15) is 35.9 Å². The molecule has 3 N–H and O–H groups in total. The summed E-state index contributed by atoms with van der Waals surface area (Å²) < 4.78 is 81.6. The molecule has 34 heavy (non-hydrogen) atoms. The molecular weight excluding hydrogens is 533 g/mol. The first-order chi connectivity index (χ1) is 15.5. The maximum absolute atomic E-state index is 13.6. The first kappa shape index (κ1) is 27.8. The molecule has 1 atom stereocenters. The fourth-order valence-electron chi connectivity index (χ4n) is 2.82. The van der Waals surface area contributed by atoms with Gasteiger partial charge in [0.2, 0.25) is 5.91 Å². The van der Waals surface area contributed by atoms with Crippen LogP contribution in [0.5, 0.6) is 0 Å². The minimum absolute atomic E-state index is 0.150. The van der Waals surface area contributed by atoms with Crippen LogP contribution >= 0.6 is 34.8 Å². The van der Waals surface area contributed by atoms with Crippen molar-refractivity contribution in [1.82, 2.24) is 5.32 Å². The van der Waals surface area contributed by atoms with Crippen molar-refractivity contribution >= 4 is 52.2 Å². The van der Waals surface area contributed by atoms with Gasteiger partial charge in [-0.05, 0) is 48.7 Å². The van der Waals surface area contributed by atoms with Crippen molar-refractivity contribution in [2.45, 2.75) is 31.7 Å². The van der Waals surface area contributed by atoms with Crippen molar-refractivity contribution in [3.63, 3.8) is 0 Å². The van der Waals surface area contributed by atoms with Crippen LogP contribution in [0.2, 0.25) is 15.1 Å². The van der Waals surface area contributed by atoms with E-state index in [-0.39, 0.29) is 20.6 Å². The highest BCUT2D eigenvalue weighted by molar-refractivity contribution is 6.48. The van der Waals surface area contributed by atoms with Crippen LogP contribution in [0.3, 0.4) is 0 Å². The minimum Gasteiger partial charge on any atom is -0.368 e. The van der Waals surface area contributed by atoms with E-state index in [1.807, 2.05) is 5.32 Å². The predicted octanol–water partition coefficient (Wildman–Crippen LogP) is 6.46. The van der Waals surface area contributed by atoms with Gasteiger partial charge in [0.1, 0.15) is 6.04 Å². The number of halogens is 9. The monoisotopic (exact) mass is 546 g/mol. The van der Waals surface area contributed by atoms with Gasteiger partial charge >= 0.3 is 12.4 Å². The molecule has 2 amide bonds. The highest BCUT2D eigenvalue weighted by atomic mass is 35.5. The van der Waals surface area contributed by atoms with Crippen molar-refractivity contribution in [2.24, 2.45) is 5.73 Å². The van der Waals surface area contributed by atoms with Crippen LogP contribution in [0, 0.1) is 0 Å². The van der Waals surface area contributed by atoms with Crippen LogP contribution in [0.1, 0.15) is 34.0 Å². The Balaban J connectivity index is 2.49. The summed E-state index contributed by atoms with van der Waals surface area (Å²) in [5.41, 5.74) is 0.987. The van der Waals surface area contributed by atoms with E-state index in [0.717, 1.165) is 24.3 Å². The van der Waals surface area contributed by atoms with Crippen molar-refractivity contribution in [2.75, 3.05) is 0 Å². The molecule has 0 saturated heterocycles. The van der Waals surface area contributed by atoms with Gasteiger partial charge in [-0.15, -0.1) is 0 Å². The average molecular weight is 548 g/mol. The topological polar surface area (TPSA) is 72.2 Å². The van der Waals surface area contributed by atoms with Gasteiger partial charge in [0.15, 0.2) is 0 Å². The fraction of sp³-hybridized carbons (Fsp3) is 0.238. The van der Waals surface area contributed by atoms with E-state index in [4.69, 9.17) is 40.5 Å². The molecule has 4 nitrogen and oxygen atoms in total. The van der Waals surface area contributed by atoms with Gasteiger partial charge in [0.25, 0.3) is 5.91 Å². The van der Waals surface area contributed by atoms with Gasteiger partial charge in [0, 0.05) is 0 Å². The Kier molecular flexibility index (Phi) is 8.55. The quantitative estimate of drug-likeness (QED) is 0.322. The van der Waals surface area contributed by atoms with E-state index in [1.54, 1.807) is 0 Å². The zero-order chi connectivity index (χ0) is 26.0. The number of nitrogens with one attached hydrogen (secondary N) is 1. The number of carbonyl (C=O) groups excluding carboxylic acids is 2. The molecular formula is C21H15Cl3F6N2O2. The molecule has 0 heterocycles. The van der Waals surface area contributed by atoms with Crippen LogP contribution in [-0.2, 0) is 17.4 Å². The highest BCUT2D eigenvalue weighted by Gasteiger charge is 2.37. The summed E-state index contributed by atoms with van der Waals surface area (Å²) in [7, 11) is 0. The third-order valence-corrected chi connectivity index (χ3v) is 5.75. The second kappa shape index (κ2) is 10.5. The number of carbonyl (C=O) groups is 2. The van der Waals surface area contributed by atoms with E-state index < -0.39 is 58.9 Å². The second-order valence-corrected chi connectivity index (χ2v) is 8.24. The van der Waals surface area contributed by atoms with Gasteiger partial charge in [-0.25, -0.2) is 0 Å². The Bertz CT molecular complexity index is 1120. The summed E-state index contributed by atoms with van der Waals surface area (Å²) in [6.45, 7) is 1.18. The molecule has 0 bridgehead atoms. The minimum atomic E-state index is -5.01. The van der Waals surface area contributed by atoms with Gasteiger partial charge in [-0.3, -0.25) is 9.59 Å². The molecule has 0 aliphatic rings. The summed E-state index contributed by atoms with van der Waals surface area (Å²) >= 11 is 17.4. The van der Waals surface area contributed by atoms with Crippen LogP contribution in [-0.4, -0.2) is 24.0 Å². The molecule has 184 valence electrons. The maximum atomic E-state index is 13.6. The predicted molar refractivity (Wildman–Crippen MR) is 117 cm³/mol. The van der Waals surface area contributed by atoms with Crippen LogP contribution in [0.25, 0.3) is 5.57 Å². The Morgan fingerprint density at radius 2 is 1.59 bits per heavy atom. The third kappa shape index (κ3) is 6.80. The normalized spacial score (nSPS) is 13.5. The van der Waals surface area contributed by atoms with Crippen molar-refractivity contribution in [3.05, 3.63) is 73.7 Å². The number of hydrogen-bond acceptors (Lipinski definition) is 2. The van der Waals surface area contributed by atoms with E-state index in [2.05, 4.69) is 0 Å². The molecule has 1 unspecified atom stereocenters. The number of amides is 2. The SMILES string of the molecule is CC(NC(=O)c1ccc(C/C=C(\c2cc(Cl)c(Cl)c(Cl)c2)C(F)(F)F)cc1C(F)(F)F)C(N)=O. The lowest BCUT2D eigenvalue weighted by atomic mass is 9.98. The molecule has 0 aliphatic carbocycles. The van der Waals surface area contributed by atoms with Crippen molar-refractivity contribution in [1.29, 1.82) is 0 Å². The Hall–Kier alpha value is -2.43. The van der Waals surface area contributed by atoms with Crippen LogP contribution in [0.4, 0.5) is 26.3 Å². The molecule has 2 rings (SSSR count).